The molecule has 1 aromatic heterocycles. The van der Waals surface area contributed by atoms with Gasteiger partial charge in [0.25, 0.3) is 5.91 Å². The minimum Gasteiger partial charge on any atom is -0.495 e. The second-order valence-electron chi connectivity index (χ2n) is 8.79. The molecule has 2 aromatic carbocycles. The number of benzene rings is 2. The first kappa shape index (κ1) is 27.0. The van der Waals surface area contributed by atoms with Crippen molar-refractivity contribution in [1.82, 2.24) is 25.5 Å². The van der Waals surface area contributed by atoms with Gasteiger partial charge in [0.15, 0.2) is 5.82 Å². The smallest absolute Gasteiger partial charge is 0.317 e. The van der Waals surface area contributed by atoms with Crippen LogP contribution in [0.3, 0.4) is 0 Å². The number of nitrogens with zero attached hydrogens (tertiary/aromatic N) is 4. The summed E-state index contributed by atoms with van der Waals surface area (Å²) >= 11 is 6.44. The number of rotatable bonds is 7. The van der Waals surface area contributed by atoms with Crippen LogP contribution >= 0.6 is 11.6 Å². The zero-order valence-corrected chi connectivity index (χ0v) is 22.7. The van der Waals surface area contributed by atoms with Crippen LogP contribution in [0.25, 0.3) is 0 Å². The molecule has 0 radical (unpaired) electrons. The van der Waals surface area contributed by atoms with Crippen LogP contribution in [0.2, 0.25) is 5.02 Å². The summed E-state index contributed by atoms with van der Waals surface area (Å²) < 4.78 is 5.73. The fourth-order valence-corrected chi connectivity index (χ4v) is 4.56. The second-order valence-corrected chi connectivity index (χ2v) is 9.20. The molecule has 0 bridgehead atoms. The van der Waals surface area contributed by atoms with Crippen LogP contribution in [0.5, 0.6) is 5.75 Å². The number of fused-ring (bicyclic) bond motifs is 1. The Bertz CT molecular complexity index is 1330. The van der Waals surface area contributed by atoms with Crippen LogP contribution in [0.15, 0.2) is 42.6 Å². The van der Waals surface area contributed by atoms with E-state index in [2.05, 4.69) is 32.0 Å². The Kier molecular flexibility index (Phi) is 8.52. The highest BCUT2D eigenvalue weighted by Crippen LogP contribution is 2.36. The molecule has 0 saturated carbocycles. The zero-order chi connectivity index (χ0) is 27.2. The van der Waals surface area contributed by atoms with E-state index in [0.717, 1.165) is 29.7 Å². The summed E-state index contributed by atoms with van der Waals surface area (Å²) in [5.41, 5.74) is 4.14. The molecule has 10 nitrogen and oxygen atoms in total. The summed E-state index contributed by atoms with van der Waals surface area (Å²) in [6, 6.07) is 11.2. The van der Waals surface area contributed by atoms with Gasteiger partial charge in [-0.15, -0.1) is 0 Å². The highest BCUT2D eigenvalue weighted by molar-refractivity contribution is 6.33. The van der Waals surface area contributed by atoms with Crippen molar-refractivity contribution in [3.8, 4) is 5.75 Å². The number of anilines is 4. The quantitative estimate of drug-likeness (QED) is 0.415. The molecular weight excluding hydrogens is 506 g/mol. The summed E-state index contributed by atoms with van der Waals surface area (Å²) in [5.74, 6) is 1.25. The van der Waals surface area contributed by atoms with Gasteiger partial charge in [-0.2, -0.15) is 4.98 Å². The van der Waals surface area contributed by atoms with Gasteiger partial charge in [-0.1, -0.05) is 23.7 Å². The van der Waals surface area contributed by atoms with E-state index in [0.29, 0.717) is 53.4 Å². The molecular formula is C27H32ClN7O3. The first-order valence-corrected chi connectivity index (χ1v) is 12.8. The Labute approximate surface area is 227 Å². The maximum absolute atomic E-state index is 12.5. The number of carbonyl (C=O) groups excluding carboxylic acids is 2. The molecule has 1 aliphatic rings. The fraction of sp³-hybridized carbons (Fsp3) is 0.333. The SMILES string of the molecule is CCNC(=O)c1ccccc1Nc1nc(N(C)c2cc3c(cc2OC)CCN(C(=O)NC)CC3)ncc1Cl. The molecule has 0 spiro atoms. The minimum absolute atomic E-state index is 0.0783. The van der Waals surface area contributed by atoms with Crippen LogP contribution < -0.4 is 25.6 Å². The van der Waals surface area contributed by atoms with Crippen molar-refractivity contribution in [2.75, 3.05) is 51.1 Å². The summed E-state index contributed by atoms with van der Waals surface area (Å²) in [4.78, 5) is 37.4. The molecule has 0 unspecified atom stereocenters. The molecule has 0 atom stereocenters. The van der Waals surface area contributed by atoms with E-state index >= 15 is 0 Å². The standard InChI is InChI=1S/C27H32ClN7O3/c1-5-30-25(36)19-8-6-7-9-21(19)32-24-20(28)16-31-26(33-24)34(3)22-14-17-10-12-35(27(37)29-2)13-11-18(17)15-23(22)38-4/h6-9,14-16H,5,10-13H2,1-4H3,(H,29,37)(H,30,36)(H,31,32,33). The molecule has 4 rings (SSSR count). The van der Waals surface area contributed by atoms with Crippen molar-refractivity contribution in [2.45, 2.75) is 19.8 Å². The summed E-state index contributed by atoms with van der Waals surface area (Å²) in [6.07, 6.45) is 2.98. The van der Waals surface area contributed by atoms with Gasteiger partial charge in [0.05, 0.1) is 30.2 Å². The molecule has 1 aliphatic heterocycles. The first-order chi connectivity index (χ1) is 18.4. The largest absolute Gasteiger partial charge is 0.495 e. The Morgan fingerprint density at radius 3 is 2.55 bits per heavy atom. The zero-order valence-electron chi connectivity index (χ0n) is 22.0. The number of hydrogen-bond donors (Lipinski definition) is 3. The van der Waals surface area contributed by atoms with Gasteiger partial charge < -0.3 is 30.5 Å². The molecule has 0 aliphatic carbocycles. The highest BCUT2D eigenvalue weighted by Gasteiger charge is 2.22. The number of aromatic nitrogens is 2. The molecule has 3 N–H and O–H groups in total. The minimum atomic E-state index is -0.192. The number of carbonyl (C=O) groups is 2. The van der Waals surface area contributed by atoms with Crippen molar-refractivity contribution in [1.29, 1.82) is 0 Å². The average Bonchev–Trinajstić information content (AvgIpc) is 3.15. The number of hydrogen-bond acceptors (Lipinski definition) is 7. The predicted molar refractivity (Wildman–Crippen MR) is 149 cm³/mol. The lowest BCUT2D eigenvalue weighted by Crippen LogP contribution is -2.39. The summed E-state index contributed by atoms with van der Waals surface area (Å²) in [5, 5.41) is 9.03. The van der Waals surface area contributed by atoms with Crippen LogP contribution in [0.1, 0.15) is 28.4 Å². The maximum atomic E-state index is 12.5. The van der Waals surface area contributed by atoms with Gasteiger partial charge in [0, 0.05) is 33.7 Å². The number of methoxy groups -OCH3 is 1. The van der Waals surface area contributed by atoms with Crippen molar-refractivity contribution in [3.05, 3.63) is 64.3 Å². The number of para-hydroxylation sites is 1. The monoisotopic (exact) mass is 537 g/mol. The molecule has 2 heterocycles. The highest BCUT2D eigenvalue weighted by atomic mass is 35.5. The Morgan fingerprint density at radius 2 is 1.87 bits per heavy atom. The Hall–Kier alpha value is -4.05. The summed E-state index contributed by atoms with van der Waals surface area (Å²) in [6.45, 7) is 3.64. The first-order valence-electron chi connectivity index (χ1n) is 12.4. The maximum Gasteiger partial charge on any atom is 0.317 e. The molecule has 11 heteroatoms. The number of amides is 3. The lowest BCUT2D eigenvalue weighted by Gasteiger charge is -2.23. The normalized spacial score (nSPS) is 12.7. The topological polar surface area (TPSA) is 112 Å². The van der Waals surface area contributed by atoms with E-state index in [1.807, 2.05) is 35.9 Å². The van der Waals surface area contributed by atoms with Crippen molar-refractivity contribution in [3.63, 3.8) is 0 Å². The lowest BCUT2D eigenvalue weighted by molar-refractivity contribution is 0.0956. The van der Waals surface area contributed by atoms with Gasteiger partial charge in [-0.3, -0.25) is 4.79 Å². The number of nitrogens with one attached hydrogen (secondary N) is 3. The third-order valence-electron chi connectivity index (χ3n) is 6.46. The van der Waals surface area contributed by atoms with E-state index in [1.54, 1.807) is 32.4 Å². The molecule has 0 fully saturated rings. The van der Waals surface area contributed by atoms with Gasteiger partial charge in [0.1, 0.15) is 10.8 Å². The van der Waals surface area contributed by atoms with Crippen LogP contribution in [-0.4, -0.2) is 67.6 Å². The van der Waals surface area contributed by atoms with E-state index in [1.165, 1.54) is 6.20 Å². The van der Waals surface area contributed by atoms with Gasteiger partial charge in [-0.05, 0) is 55.2 Å². The average molecular weight is 538 g/mol. The predicted octanol–water partition coefficient (Wildman–Crippen LogP) is 4.14. The third kappa shape index (κ3) is 5.75. The molecule has 3 aromatic rings. The van der Waals surface area contributed by atoms with Crippen LogP contribution in [0.4, 0.5) is 27.9 Å². The molecule has 3 amide bonds. The number of ether oxygens (including phenoxy) is 1. The van der Waals surface area contributed by atoms with E-state index in [9.17, 15) is 9.59 Å². The Morgan fingerprint density at radius 1 is 1.16 bits per heavy atom. The lowest BCUT2D eigenvalue weighted by atomic mass is 10.0. The number of urea groups is 1. The van der Waals surface area contributed by atoms with Crippen molar-refractivity contribution in [2.24, 2.45) is 0 Å². The van der Waals surface area contributed by atoms with E-state index < -0.39 is 0 Å². The number of halogens is 1. The van der Waals surface area contributed by atoms with E-state index in [4.69, 9.17) is 16.3 Å². The third-order valence-corrected chi connectivity index (χ3v) is 6.74. The molecule has 200 valence electrons. The van der Waals surface area contributed by atoms with Crippen molar-refractivity contribution < 1.29 is 14.3 Å². The van der Waals surface area contributed by atoms with Crippen molar-refractivity contribution >= 4 is 46.7 Å². The van der Waals surface area contributed by atoms with Gasteiger partial charge >= 0.3 is 6.03 Å². The molecule has 38 heavy (non-hydrogen) atoms. The second kappa shape index (κ2) is 12.0. The van der Waals surface area contributed by atoms with Crippen LogP contribution in [-0.2, 0) is 12.8 Å². The van der Waals surface area contributed by atoms with Crippen LogP contribution in [0, 0.1) is 0 Å². The summed E-state index contributed by atoms with van der Waals surface area (Å²) in [7, 11) is 5.12. The van der Waals surface area contributed by atoms with Gasteiger partial charge in [-0.25, -0.2) is 9.78 Å². The Balaban J connectivity index is 1.64. The van der Waals surface area contributed by atoms with E-state index in [-0.39, 0.29) is 11.9 Å². The fourth-order valence-electron chi connectivity index (χ4n) is 4.42. The molecule has 0 saturated heterocycles. The van der Waals surface area contributed by atoms with Gasteiger partial charge in [0.2, 0.25) is 5.95 Å².